The number of hydrogen-bond donors (Lipinski definition) is 1. The van der Waals surface area contributed by atoms with Gasteiger partial charge in [-0.25, -0.2) is 17.8 Å². The zero-order valence-corrected chi connectivity index (χ0v) is 10.4. The number of aromatic nitrogens is 1. The number of sulfone groups is 1. The van der Waals surface area contributed by atoms with Crippen LogP contribution in [0.25, 0.3) is 11.1 Å². The summed E-state index contributed by atoms with van der Waals surface area (Å²) in [7, 11) is -3.58. The molecule has 2 aromatic rings. The first-order valence-corrected chi connectivity index (χ1v) is 7.00. The average Bonchev–Trinajstić information content (AvgIpc) is 2.29. The van der Waals surface area contributed by atoms with Crippen LogP contribution in [0.5, 0.6) is 0 Å². The van der Waals surface area contributed by atoms with Gasteiger partial charge in [0.2, 0.25) is 0 Å². The highest BCUT2D eigenvalue weighted by atomic mass is 32.2. The molecule has 0 radical (unpaired) electrons. The van der Waals surface area contributed by atoms with Crippen LogP contribution in [0.3, 0.4) is 0 Å². The van der Waals surface area contributed by atoms with Gasteiger partial charge < -0.3 is 5.73 Å². The number of hydrogen-bond acceptors (Lipinski definition) is 4. The Balaban J connectivity index is 2.77. The lowest BCUT2D eigenvalue weighted by atomic mass is 10.1. The summed E-state index contributed by atoms with van der Waals surface area (Å²) in [4.78, 5) is 3.79. The van der Waals surface area contributed by atoms with E-state index in [2.05, 4.69) is 4.98 Å². The minimum Gasteiger partial charge on any atom is -0.384 e. The summed E-state index contributed by atoms with van der Waals surface area (Å²) in [6.07, 6.45) is 1.01. The highest BCUT2D eigenvalue weighted by Gasteiger charge is 2.18. The molecule has 1 aromatic heterocycles. The first-order chi connectivity index (χ1) is 8.39. The Kier molecular flexibility index (Phi) is 3.04. The van der Waals surface area contributed by atoms with Gasteiger partial charge in [-0.3, -0.25) is 0 Å². The molecule has 1 heterocycles. The molecule has 0 aliphatic rings. The molecule has 6 heteroatoms. The Morgan fingerprint density at radius 1 is 1.11 bits per heavy atom. The van der Waals surface area contributed by atoms with Crippen LogP contribution in [0.15, 0.2) is 41.4 Å². The van der Waals surface area contributed by atoms with Crippen LogP contribution < -0.4 is 5.73 Å². The fourth-order valence-electron chi connectivity index (χ4n) is 1.62. The molecule has 4 nitrogen and oxygen atoms in total. The molecule has 0 saturated heterocycles. The summed E-state index contributed by atoms with van der Waals surface area (Å²) in [5.41, 5.74) is 5.87. The molecular weight excluding hydrogens is 255 g/mol. The Morgan fingerprint density at radius 2 is 1.78 bits per heavy atom. The summed E-state index contributed by atoms with van der Waals surface area (Å²) in [5, 5.41) is -0.215. The highest BCUT2D eigenvalue weighted by Crippen LogP contribution is 2.28. The van der Waals surface area contributed by atoms with Gasteiger partial charge in [0.1, 0.15) is 11.6 Å². The Morgan fingerprint density at radius 3 is 2.39 bits per heavy atom. The number of benzene rings is 1. The highest BCUT2D eigenvalue weighted by molar-refractivity contribution is 7.90. The quantitative estimate of drug-likeness (QED) is 0.900. The van der Waals surface area contributed by atoms with E-state index in [1.807, 2.05) is 0 Å². The lowest BCUT2D eigenvalue weighted by Gasteiger charge is -2.08. The number of halogens is 1. The van der Waals surface area contributed by atoms with E-state index in [0.717, 1.165) is 6.26 Å². The number of anilines is 1. The molecule has 0 fully saturated rings. The molecule has 0 spiro atoms. The Hall–Kier alpha value is -1.95. The van der Waals surface area contributed by atoms with E-state index in [9.17, 15) is 12.8 Å². The number of nitrogens with two attached hydrogens (primary N) is 1. The molecule has 0 atom stereocenters. The standard InChI is InChI=1S/C12H11FN2O2S/c1-18(16,17)12-9(6-7-11(14)15-12)8-4-2-3-5-10(8)13/h2-7H,1H3,(H2,14,15). The van der Waals surface area contributed by atoms with Crippen molar-refractivity contribution < 1.29 is 12.8 Å². The van der Waals surface area contributed by atoms with Crippen molar-refractivity contribution in [3.8, 4) is 11.1 Å². The van der Waals surface area contributed by atoms with E-state index in [-0.39, 0.29) is 22.0 Å². The van der Waals surface area contributed by atoms with Crippen molar-refractivity contribution in [2.24, 2.45) is 0 Å². The van der Waals surface area contributed by atoms with Gasteiger partial charge in [-0.1, -0.05) is 18.2 Å². The van der Waals surface area contributed by atoms with Gasteiger partial charge in [-0.05, 0) is 18.2 Å². The van der Waals surface area contributed by atoms with Crippen molar-refractivity contribution in [1.29, 1.82) is 0 Å². The van der Waals surface area contributed by atoms with Crippen molar-refractivity contribution in [3.63, 3.8) is 0 Å². The number of pyridine rings is 1. The number of nitrogens with zero attached hydrogens (tertiary/aromatic N) is 1. The van der Waals surface area contributed by atoms with Crippen molar-refractivity contribution >= 4 is 15.7 Å². The van der Waals surface area contributed by atoms with Gasteiger partial charge in [0.05, 0.1) is 0 Å². The van der Waals surface area contributed by atoms with E-state index >= 15 is 0 Å². The second-order valence-electron chi connectivity index (χ2n) is 3.84. The second-order valence-corrected chi connectivity index (χ2v) is 5.77. The molecule has 1 aromatic carbocycles. The smallest absolute Gasteiger partial charge is 0.193 e. The molecule has 2 rings (SSSR count). The monoisotopic (exact) mass is 266 g/mol. The van der Waals surface area contributed by atoms with E-state index in [1.165, 1.54) is 30.3 Å². The molecule has 0 aliphatic heterocycles. The third kappa shape index (κ3) is 2.33. The number of rotatable bonds is 2. The van der Waals surface area contributed by atoms with Crippen LogP contribution in [0, 0.1) is 5.82 Å². The zero-order chi connectivity index (χ0) is 13.3. The predicted octanol–water partition coefficient (Wildman–Crippen LogP) is 1.87. The van der Waals surface area contributed by atoms with E-state index in [4.69, 9.17) is 5.73 Å². The summed E-state index contributed by atoms with van der Waals surface area (Å²) in [6, 6.07) is 8.81. The first kappa shape index (κ1) is 12.5. The molecule has 2 N–H and O–H groups in total. The minimum atomic E-state index is -3.58. The SMILES string of the molecule is CS(=O)(=O)c1nc(N)ccc1-c1ccccc1F. The maximum Gasteiger partial charge on any atom is 0.193 e. The summed E-state index contributed by atoms with van der Waals surface area (Å²) in [6.45, 7) is 0. The molecular formula is C12H11FN2O2S. The van der Waals surface area contributed by atoms with Crippen LogP contribution in [0.2, 0.25) is 0 Å². The van der Waals surface area contributed by atoms with Crippen LogP contribution in [0.4, 0.5) is 10.2 Å². The maximum atomic E-state index is 13.7. The lowest BCUT2D eigenvalue weighted by molar-refractivity contribution is 0.598. The van der Waals surface area contributed by atoms with Crippen molar-refractivity contribution in [3.05, 3.63) is 42.2 Å². The first-order valence-electron chi connectivity index (χ1n) is 5.11. The molecule has 0 bridgehead atoms. The largest absolute Gasteiger partial charge is 0.384 e. The molecule has 18 heavy (non-hydrogen) atoms. The van der Waals surface area contributed by atoms with Crippen LogP contribution in [-0.2, 0) is 9.84 Å². The maximum absolute atomic E-state index is 13.7. The topological polar surface area (TPSA) is 73.0 Å². The average molecular weight is 266 g/mol. The zero-order valence-electron chi connectivity index (χ0n) is 9.59. The molecule has 0 amide bonds. The van der Waals surface area contributed by atoms with E-state index in [1.54, 1.807) is 6.07 Å². The molecule has 0 saturated carbocycles. The fraction of sp³-hybridized carbons (Fsp3) is 0.0833. The molecule has 0 unspecified atom stereocenters. The summed E-state index contributed by atoms with van der Waals surface area (Å²) < 4.78 is 37.0. The third-order valence-corrected chi connectivity index (χ3v) is 3.41. The lowest BCUT2D eigenvalue weighted by Crippen LogP contribution is -2.06. The Bertz CT molecular complexity index is 699. The van der Waals surface area contributed by atoms with E-state index in [0.29, 0.717) is 0 Å². The molecule has 94 valence electrons. The second kappa shape index (κ2) is 4.38. The third-order valence-electron chi connectivity index (χ3n) is 2.40. The van der Waals surface area contributed by atoms with Crippen LogP contribution in [-0.4, -0.2) is 19.7 Å². The van der Waals surface area contributed by atoms with E-state index < -0.39 is 15.7 Å². The molecule has 0 aliphatic carbocycles. The normalized spacial score (nSPS) is 11.4. The van der Waals surface area contributed by atoms with Gasteiger partial charge in [0.25, 0.3) is 0 Å². The Labute approximate surface area is 104 Å². The summed E-state index contributed by atoms with van der Waals surface area (Å²) in [5.74, 6) is -0.426. The van der Waals surface area contributed by atoms with Crippen molar-refractivity contribution in [1.82, 2.24) is 4.98 Å². The van der Waals surface area contributed by atoms with Gasteiger partial charge in [-0.2, -0.15) is 0 Å². The predicted molar refractivity (Wildman–Crippen MR) is 67.2 cm³/mol. The van der Waals surface area contributed by atoms with Crippen molar-refractivity contribution in [2.45, 2.75) is 5.03 Å². The number of nitrogen functional groups attached to an aromatic ring is 1. The van der Waals surface area contributed by atoms with Gasteiger partial charge >= 0.3 is 0 Å². The minimum absolute atomic E-state index is 0.0792. The van der Waals surface area contributed by atoms with Gasteiger partial charge in [0.15, 0.2) is 14.9 Å². The van der Waals surface area contributed by atoms with Crippen LogP contribution >= 0.6 is 0 Å². The van der Waals surface area contributed by atoms with Crippen LogP contribution in [0.1, 0.15) is 0 Å². The fourth-order valence-corrected chi connectivity index (χ4v) is 2.47. The summed E-state index contributed by atoms with van der Waals surface area (Å²) >= 11 is 0. The van der Waals surface area contributed by atoms with Gasteiger partial charge in [0, 0.05) is 17.4 Å². The van der Waals surface area contributed by atoms with Crippen molar-refractivity contribution in [2.75, 3.05) is 12.0 Å². The van der Waals surface area contributed by atoms with Gasteiger partial charge in [-0.15, -0.1) is 0 Å².